The Balaban J connectivity index is 2.17. The molecular weight excluding hydrogens is 196 g/mol. The van der Waals surface area contributed by atoms with Crippen LogP contribution in [0.3, 0.4) is 0 Å². The third kappa shape index (κ3) is 2.58. The molecule has 2 rings (SSSR count). The summed E-state index contributed by atoms with van der Waals surface area (Å²) in [5.74, 6) is 0. The van der Waals surface area contributed by atoms with Gasteiger partial charge in [0.05, 0.1) is 5.52 Å². The maximum Gasteiger partial charge on any atom is 0.0704 e. The maximum atomic E-state index is 4.36. The van der Waals surface area contributed by atoms with E-state index in [1.165, 1.54) is 10.9 Å². The molecule has 0 unspecified atom stereocenters. The molecule has 16 heavy (non-hydrogen) atoms. The summed E-state index contributed by atoms with van der Waals surface area (Å²) in [5, 5.41) is 4.71. The van der Waals surface area contributed by atoms with E-state index >= 15 is 0 Å². The van der Waals surface area contributed by atoms with E-state index in [0.717, 1.165) is 18.5 Å². The topological polar surface area (TPSA) is 24.9 Å². The number of pyridine rings is 1. The van der Waals surface area contributed by atoms with Crippen molar-refractivity contribution >= 4 is 10.9 Å². The molecule has 1 heterocycles. The van der Waals surface area contributed by atoms with Crippen LogP contribution < -0.4 is 5.32 Å². The number of aromatic nitrogens is 1. The van der Waals surface area contributed by atoms with Gasteiger partial charge in [-0.3, -0.25) is 4.98 Å². The standard InChI is InChI=1S/C14H18N2/c1-11(2)15-10-8-12-5-3-7-14-13(12)6-4-9-16-14/h3-7,9,11,15H,8,10H2,1-2H3. The Labute approximate surface area is 96.7 Å². The van der Waals surface area contributed by atoms with E-state index in [1.54, 1.807) is 0 Å². The molecule has 0 saturated heterocycles. The molecular formula is C14H18N2. The maximum absolute atomic E-state index is 4.36. The molecule has 0 aliphatic rings. The molecule has 1 N–H and O–H groups in total. The van der Waals surface area contributed by atoms with Gasteiger partial charge in [-0.25, -0.2) is 0 Å². The van der Waals surface area contributed by atoms with Crippen molar-refractivity contribution in [1.82, 2.24) is 10.3 Å². The number of hydrogen-bond acceptors (Lipinski definition) is 2. The van der Waals surface area contributed by atoms with Crippen molar-refractivity contribution < 1.29 is 0 Å². The first-order valence-electron chi connectivity index (χ1n) is 5.83. The van der Waals surface area contributed by atoms with Gasteiger partial charge in [0, 0.05) is 17.6 Å². The first-order chi connectivity index (χ1) is 7.77. The molecule has 0 saturated carbocycles. The Morgan fingerprint density at radius 1 is 1.19 bits per heavy atom. The van der Waals surface area contributed by atoms with Gasteiger partial charge in [-0.1, -0.05) is 32.0 Å². The molecule has 2 aromatic rings. The summed E-state index contributed by atoms with van der Waals surface area (Å²) in [6.45, 7) is 5.36. The van der Waals surface area contributed by atoms with Gasteiger partial charge in [0.15, 0.2) is 0 Å². The molecule has 0 aliphatic carbocycles. The third-order valence-electron chi connectivity index (χ3n) is 2.68. The van der Waals surface area contributed by atoms with E-state index in [0.29, 0.717) is 6.04 Å². The van der Waals surface area contributed by atoms with Gasteiger partial charge in [0.2, 0.25) is 0 Å². The largest absolute Gasteiger partial charge is 0.314 e. The number of rotatable bonds is 4. The second-order valence-electron chi connectivity index (χ2n) is 4.35. The molecule has 0 bridgehead atoms. The molecule has 0 amide bonds. The summed E-state index contributed by atoms with van der Waals surface area (Å²) in [4.78, 5) is 4.36. The fourth-order valence-corrected chi connectivity index (χ4v) is 1.88. The Morgan fingerprint density at radius 3 is 2.88 bits per heavy atom. The second-order valence-corrected chi connectivity index (χ2v) is 4.35. The van der Waals surface area contributed by atoms with Crippen LogP contribution in [0.2, 0.25) is 0 Å². The molecule has 0 atom stereocenters. The minimum Gasteiger partial charge on any atom is -0.314 e. The van der Waals surface area contributed by atoms with Crippen molar-refractivity contribution in [2.24, 2.45) is 0 Å². The lowest BCUT2D eigenvalue weighted by molar-refractivity contribution is 0.591. The monoisotopic (exact) mass is 214 g/mol. The van der Waals surface area contributed by atoms with Gasteiger partial charge >= 0.3 is 0 Å². The summed E-state index contributed by atoms with van der Waals surface area (Å²) >= 11 is 0. The summed E-state index contributed by atoms with van der Waals surface area (Å²) in [7, 11) is 0. The minimum absolute atomic E-state index is 0.549. The summed E-state index contributed by atoms with van der Waals surface area (Å²) in [6, 6.07) is 11.0. The average Bonchev–Trinajstić information content (AvgIpc) is 2.29. The quantitative estimate of drug-likeness (QED) is 0.846. The zero-order chi connectivity index (χ0) is 11.4. The van der Waals surface area contributed by atoms with Crippen molar-refractivity contribution in [3.8, 4) is 0 Å². The van der Waals surface area contributed by atoms with Crippen LogP contribution in [0.5, 0.6) is 0 Å². The number of fused-ring (bicyclic) bond motifs is 1. The van der Waals surface area contributed by atoms with Crippen LogP contribution in [0.1, 0.15) is 19.4 Å². The van der Waals surface area contributed by atoms with Crippen LogP contribution in [0, 0.1) is 0 Å². The molecule has 0 radical (unpaired) electrons. The van der Waals surface area contributed by atoms with E-state index in [-0.39, 0.29) is 0 Å². The van der Waals surface area contributed by atoms with Crippen LogP contribution in [0.4, 0.5) is 0 Å². The predicted molar refractivity (Wildman–Crippen MR) is 68.6 cm³/mol. The fraction of sp³-hybridized carbons (Fsp3) is 0.357. The minimum atomic E-state index is 0.549. The number of nitrogens with zero attached hydrogens (tertiary/aromatic N) is 1. The Bertz CT molecular complexity index is 458. The molecule has 2 nitrogen and oxygen atoms in total. The highest BCUT2D eigenvalue weighted by Crippen LogP contribution is 2.16. The predicted octanol–water partition coefficient (Wildman–Crippen LogP) is 2.78. The lowest BCUT2D eigenvalue weighted by Gasteiger charge is -2.09. The zero-order valence-corrected chi connectivity index (χ0v) is 9.90. The number of benzene rings is 1. The smallest absolute Gasteiger partial charge is 0.0704 e. The fourth-order valence-electron chi connectivity index (χ4n) is 1.88. The first-order valence-corrected chi connectivity index (χ1v) is 5.83. The van der Waals surface area contributed by atoms with Crippen molar-refractivity contribution in [1.29, 1.82) is 0 Å². The Hall–Kier alpha value is -1.41. The van der Waals surface area contributed by atoms with E-state index in [9.17, 15) is 0 Å². The highest BCUT2D eigenvalue weighted by atomic mass is 14.9. The second kappa shape index (κ2) is 5.08. The van der Waals surface area contributed by atoms with Crippen molar-refractivity contribution in [3.63, 3.8) is 0 Å². The van der Waals surface area contributed by atoms with Gasteiger partial charge in [0.1, 0.15) is 0 Å². The van der Waals surface area contributed by atoms with Crippen LogP contribution >= 0.6 is 0 Å². The van der Waals surface area contributed by atoms with Crippen LogP contribution in [0.15, 0.2) is 36.5 Å². The molecule has 0 spiro atoms. The average molecular weight is 214 g/mol. The first kappa shape index (κ1) is 11.1. The SMILES string of the molecule is CC(C)NCCc1cccc2ncccc12. The lowest BCUT2D eigenvalue weighted by atomic mass is 10.1. The van der Waals surface area contributed by atoms with Crippen molar-refractivity contribution in [2.75, 3.05) is 6.54 Å². The van der Waals surface area contributed by atoms with Gasteiger partial charge in [-0.05, 0) is 30.7 Å². The van der Waals surface area contributed by atoms with E-state index in [4.69, 9.17) is 0 Å². The molecule has 84 valence electrons. The van der Waals surface area contributed by atoms with Crippen LogP contribution in [-0.2, 0) is 6.42 Å². The van der Waals surface area contributed by atoms with Gasteiger partial charge < -0.3 is 5.32 Å². The summed E-state index contributed by atoms with van der Waals surface area (Å²) in [5.41, 5.74) is 2.46. The van der Waals surface area contributed by atoms with Crippen LogP contribution in [0.25, 0.3) is 10.9 Å². The van der Waals surface area contributed by atoms with E-state index in [2.05, 4.69) is 48.4 Å². The molecule has 2 heteroatoms. The van der Waals surface area contributed by atoms with Gasteiger partial charge in [-0.2, -0.15) is 0 Å². The summed E-state index contributed by atoms with van der Waals surface area (Å²) < 4.78 is 0. The lowest BCUT2D eigenvalue weighted by Crippen LogP contribution is -2.24. The normalized spacial score (nSPS) is 11.2. The van der Waals surface area contributed by atoms with Gasteiger partial charge in [0.25, 0.3) is 0 Å². The Morgan fingerprint density at radius 2 is 2.06 bits per heavy atom. The highest BCUT2D eigenvalue weighted by molar-refractivity contribution is 5.81. The number of nitrogens with one attached hydrogen (secondary N) is 1. The summed E-state index contributed by atoms with van der Waals surface area (Å²) in [6.07, 6.45) is 2.90. The van der Waals surface area contributed by atoms with E-state index < -0.39 is 0 Å². The molecule has 0 fully saturated rings. The third-order valence-corrected chi connectivity index (χ3v) is 2.68. The highest BCUT2D eigenvalue weighted by Gasteiger charge is 2.01. The molecule has 1 aromatic heterocycles. The molecule has 1 aromatic carbocycles. The van der Waals surface area contributed by atoms with Crippen LogP contribution in [-0.4, -0.2) is 17.6 Å². The Kier molecular flexibility index (Phi) is 3.52. The van der Waals surface area contributed by atoms with Crippen molar-refractivity contribution in [2.45, 2.75) is 26.3 Å². The van der Waals surface area contributed by atoms with Crippen molar-refractivity contribution in [3.05, 3.63) is 42.1 Å². The van der Waals surface area contributed by atoms with E-state index in [1.807, 2.05) is 12.3 Å². The number of hydrogen-bond donors (Lipinski definition) is 1. The molecule has 0 aliphatic heterocycles. The van der Waals surface area contributed by atoms with Gasteiger partial charge in [-0.15, -0.1) is 0 Å². The zero-order valence-electron chi connectivity index (χ0n) is 9.90.